The highest BCUT2D eigenvalue weighted by Gasteiger charge is 2.17. The number of hydrogen-bond donors (Lipinski definition) is 0. The Morgan fingerprint density at radius 3 is 2.00 bits per heavy atom. The van der Waals surface area contributed by atoms with Crippen LogP contribution in [0.1, 0.15) is 37.5 Å². The number of methoxy groups -OCH3 is 1. The number of aryl methyl sites for hydroxylation is 4. The number of ether oxygens (including phenoxy) is 1. The zero-order valence-electron chi connectivity index (χ0n) is 22.0. The molecule has 37 heavy (non-hydrogen) atoms. The van der Waals surface area contributed by atoms with Crippen molar-refractivity contribution in [1.29, 1.82) is 0 Å². The summed E-state index contributed by atoms with van der Waals surface area (Å²) < 4.78 is 7.82. The van der Waals surface area contributed by atoms with Gasteiger partial charge in [0.25, 0.3) is 0 Å². The minimum absolute atomic E-state index is 0.00127. The maximum Gasteiger partial charge on any atom is 0.197 e. The summed E-state index contributed by atoms with van der Waals surface area (Å²) in [6, 6.07) is 21.1. The van der Waals surface area contributed by atoms with Crippen LogP contribution < -0.4 is 10.2 Å². The van der Waals surface area contributed by atoms with Crippen molar-refractivity contribution >= 4 is 23.4 Å². The molecule has 192 valence electrons. The predicted molar refractivity (Wildman–Crippen MR) is 158 cm³/mol. The van der Waals surface area contributed by atoms with Crippen LogP contribution in [0.25, 0.3) is 22.3 Å². The van der Waals surface area contributed by atoms with Crippen LogP contribution in [-0.2, 0) is 25.8 Å². The van der Waals surface area contributed by atoms with Gasteiger partial charge in [-0.1, -0.05) is 62.9 Å². The van der Waals surface area contributed by atoms with Crippen molar-refractivity contribution < 1.29 is 4.74 Å². The molecule has 4 aromatic rings. The van der Waals surface area contributed by atoms with E-state index in [9.17, 15) is 4.79 Å². The second-order valence-corrected chi connectivity index (χ2v) is 10.5. The van der Waals surface area contributed by atoms with E-state index < -0.39 is 0 Å². The zero-order valence-corrected chi connectivity index (χ0v) is 23.6. The SMILES string of the molecule is CCc1ccc(Sc2ccc(-c3cn(CCCl)cc(-c4ccc(CC)cc4CC)c3=O)c(OC)c2)cc1. The highest BCUT2D eigenvalue weighted by Crippen LogP contribution is 2.36. The second-order valence-electron chi connectivity index (χ2n) is 9.00. The molecule has 3 aromatic carbocycles. The van der Waals surface area contributed by atoms with E-state index >= 15 is 0 Å². The van der Waals surface area contributed by atoms with Crippen LogP contribution in [0.4, 0.5) is 0 Å². The molecule has 0 N–H and O–H groups in total. The molecule has 0 amide bonds. The van der Waals surface area contributed by atoms with Gasteiger partial charge in [-0.05, 0) is 71.8 Å². The highest BCUT2D eigenvalue weighted by molar-refractivity contribution is 7.99. The molecule has 0 fully saturated rings. The lowest BCUT2D eigenvalue weighted by atomic mass is 9.94. The van der Waals surface area contributed by atoms with Crippen LogP contribution in [0.5, 0.6) is 5.75 Å². The first kappa shape index (κ1) is 27.1. The van der Waals surface area contributed by atoms with Gasteiger partial charge in [-0.25, -0.2) is 0 Å². The number of hydrogen-bond acceptors (Lipinski definition) is 3. The fourth-order valence-electron chi connectivity index (χ4n) is 4.55. The molecule has 3 nitrogen and oxygen atoms in total. The standard InChI is InChI=1S/C32H34ClNO2S/c1-5-22-8-11-25(12-9-22)37-26-13-15-28(31(19-26)36-4)30-21-34(17-16-33)20-29(32(30)35)27-14-10-23(6-2)18-24(27)7-3/h8-15,18-21H,5-7,16-17H2,1-4H3. The van der Waals surface area contributed by atoms with Crippen LogP contribution in [0.3, 0.4) is 0 Å². The molecule has 0 spiro atoms. The van der Waals surface area contributed by atoms with Gasteiger partial charge in [0.2, 0.25) is 0 Å². The third kappa shape index (κ3) is 6.14. The lowest BCUT2D eigenvalue weighted by Gasteiger charge is -2.16. The Labute approximate surface area is 229 Å². The van der Waals surface area contributed by atoms with E-state index in [1.165, 1.54) is 21.6 Å². The molecule has 0 saturated carbocycles. The Hall–Kier alpha value is -2.95. The Morgan fingerprint density at radius 1 is 0.757 bits per heavy atom. The lowest BCUT2D eigenvalue weighted by molar-refractivity contribution is 0.415. The van der Waals surface area contributed by atoms with Crippen molar-refractivity contribution in [3.05, 3.63) is 100.0 Å². The van der Waals surface area contributed by atoms with Crippen molar-refractivity contribution in [1.82, 2.24) is 4.57 Å². The fraction of sp³-hybridized carbons (Fsp3) is 0.281. The minimum Gasteiger partial charge on any atom is -0.496 e. The first-order valence-corrected chi connectivity index (χ1v) is 14.2. The van der Waals surface area contributed by atoms with Crippen molar-refractivity contribution in [3.63, 3.8) is 0 Å². The largest absolute Gasteiger partial charge is 0.496 e. The molecule has 0 atom stereocenters. The fourth-order valence-corrected chi connectivity index (χ4v) is 5.59. The van der Waals surface area contributed by atoms with E-state index in [0.29, 0.717) is 29.3 Å². The van der Waals surface area contributed by atoms with Gasteiger partial charge >= 0.3 is 0 Å². The van der Waals surface area contributed by atoms with Gasteiger partial charge in [-0.2, -0.15) is 0 Å². The third-order valence-electron chi connectivity index (χ3n) is 6.70. The summed E-state index contributed by atoms with van der Waals surface area (Å²) in [4.78, 5) is 16.2. The van der Waals surface area contributed by atoms with Crippen LogP contribution >= 0.6 is 23.4 Å². The lowest BCUT2D eigenvalue weighted by Crippen LogP contribution is -2.15. The summed E-state index contributed by atoms with van der Waals surface area (Å²) in [6.07, 6.45) is 6.68. The van der Waals surface area contributed by atoms with Crippen molar-refractivity contribution in [2.75, 3.05) is 13.0 Å². The van der Waals surface area contributed by atoms with Crippen LogP contribution in [-0.4, -0.2) is 17.6 Å². The molecule has 0 unspecified atom stereocenters. The molecule has 0 radical (unpaired) electrons. The highest BCUT2D eigenvalue weighted by atomic mass is 35.5. The van der Waals surface area contributed by atoms with Crippen molar-refractivity contribution in [2.24, 2.45) is 0 Å². The van der Waals surface area contributed by atoms with Gasteiger partial charge in [0.05, 0.1) is 7.11 Å². The molecule has 0 aliphatic heterocycles. The van der Waals surface area contributed by atoms with E-state index in [2.05, 4.69) is 69.3 Å². The van der Waals surface area contributed by atoms with Gasteiger partial charge in [0, 0.05) is 51.3 Å². The summed E-state index contributed by atoms with van der Waals surface area (Å²) >= 11 is 7.80. The monoisotopic (exact) mass is 531 g/mol. The number of benzene rings is 3. The van der Waals surface area contributed by atoms with Gasteiger partial charge in [-0.3, -0.25) is 4.79 Å². The van der Waals surface area contributed by atoms with E-state index in [1.807, 2.05) is 29.1 Å². The topological polar surface area (TPSA) is 31.2 Å². The summed E-state index contributed by atoms with van der Waals surface area (Å²) in [5, 5.41) is 0. The Morgan fingerprint density at radius 2 is 1.38 bits per heavy atom. The number of rotatable bonds is 10. The van der Waals surface area contributed by atoms with Gasteiger partial charge in [0.1, 0.15) is 5.75 Å². The summed E-state index contributed by atoms with van der Waals surface area (Å²) in [7, 11) is 1.66. The number of nitrogens with zero attached hydrogens (tertiary/aromatic N) is 1. The Kier molecular flexibility index (Phi) is 9.18. The smallest absolute Gasteiger partial charge is 0.197 e. The van der Waals surface area contributed by atoms with E-state index in [0.717, 1.165) is 35.3 Å². The number of alkyl halides is 1. The molecule has 0 aliphatic rings. The number of pyridine rings is 1. The summed E-state index contributed by atoms with van der Waals surface area (Å²) in [5.41, 5.74) is 6.85. The van der Waals surface area contributed by atoms with Crippen molar-refractivity contribution in [2.45, 2.75) is 56.4 Å². The van der Waals surface area contributed by atoms with E-state index in [1.54, 1.807) is 18.9 Å². The van der Waals surface area contributed by atoms with Gasteiger partial charge in [-0.15, -0.1) is 11.6 Å². The Bertz CT molecular complexity index is 1430. The van der Waals surface area contributed by atoms with E-state index in [-0.39, 0.29) is 5.43 Å². The van der Waals surface area contributed by atoms with Gasteiger partial charge < -0.3 is 9.30 Å². The van der Waals surface area contributed by atoms with Crippen LogP contribution in [0, 0.1) is 0 Å². The average molecular weight is 532 g/mol. The normalized spacial score (nSPS) is 11.1. The quantitative estimate of drug-likeness (QED) is 0.193. The molecular weight excluding hydrogens is 498 g/mol. The minimum atomic E-state index is -0.00127. The number of halogens is 1. The van der Waals surface area contributed by atoms with Crippen LogP contribution in [0.15, 0.2) is 87.6 Å². The third-order valence-corrected chi connectivity index (χ3v) is 7.87. The zero-order chi connectivity index (χ0) is 26.4. The van der Waals surface area contributed by atoms with Crippen LogP contribution in [0.2, 0.25) is 0 Å². The molecule has 0 bridgehead atoms. The average Bonchev–Trinajstić information content (AvgIpc) is 2.94. The first-order valence-electron chi connectivity index (χ1n) is 12.9. The second kappa shape index (κ2) is 12.5. The van der Waals surface area contributed by atoms with Crippen molar-refractivity contribution in [3.8, 4) is 28.0 Å². The molecule has 1 aromatic heterocycles. The molecule has 0 saturated heterocycles. The molecule has 4 rings (SSSR count). The molecule has 0 aliphatic carbocycles. The Balaban J connectivity index is 1.80. The molecule has 1 heterocycles. The summed E-state index contributed by atoms with van der Waals surface area (Å²) in [6.45, 7) is 7.05. The maximum atomic E-state index is 13.9. The molecule has 5 heteroatoms. The van der Waals surface area contributed by atoms with Gasteiger partial charge in [0.15, 0.2) is 5.43 Å². The van der Waals surface area contributed by atoms with E-state index in [4.69, 9.17) is 16.3 Å². The maximum absolute atomic E-state index is 13.9. The molecular formula is C32H34ClNO2S. The first-order chi connectivity index (χ1) is 18.0. The summed E-state index contributed by atoms with van der Waals surface area (Å²) in [5.74, 6) is 1.14. The number of aromatic nitrogens is 1. The predicted octanol–water partition coefficient (Wildman–Crippen LogP) is 8.27.